The molecule has 1 aromatic carbocycles. The second-order valence-electron chi connectivity index (χ2n) is 6.88. The van der Waals surface area contributed by atoms with Crippen molar-refractivity contribution in [2.45, 2.75) is 18.9 Å². The molecule has 3 heterocycles. The number of benzene rings is 1. The quantitative estimate of drug-likeness (QED) is 0.574. The summed E-state index contributed by atoms with van der Waals surface area (Å²) in [4.78, 5) is 19.8. The van der Waals surface area contributed by atoms with Crippen LogP contribution in [0.5, 0.6) is 5.75 Å². The number of hydrogen-bond acceptors (Lipinski definition) is 10. The average Bonchev–Trinajstić information content (AvgIpc) is 3.46. The molecule has 1 fully saturated rings. The van der Waals surface area contributed by atoms with Gasteiger partial charge in [-0.25, -0.2) is 4.98 Å². The van der Waals surface area contributed by atoms with Crippen LogP contribution in [0.15, 0.2) is 35.2 Å². The molecule has 10 heteroatoms. The van der Waals surface area contributed by atoms with Gasteiger partial charge in [0, 0.05) is 32.5 Å². The van der Waals surface area contributed by atoms with E-state index in [1.807, 2.05) is 18.2 Å². The Morgan fingerprint density at radius 1 is 1.20 bits per heavy atom. The van der Waals surface area contributed by atoms with E-state index < -0.39 is 0 Å². The standard InChI is InChI=1S/C20H25N7O3/c1-21-18-24-19(26-20(25-18)27-8-4-5-14(27)11-28-2)23-13-6-7-15(16(9-13)29-3)17-10-22-12-30-17/h6-7,9-10,12,14H,4-5,8,11H2,1-3H3,(H2,21,23,24,25,26)/t14-/m1/s1. The molecule has 2 N–H and O–H groups in total. The van der Waals surface area contributed by atoms with Crippen LogP contribution in [0.25, 0.3) is 11.3 Å². The number of oxazole rings is 1. The largest absolute Gasteiger partial charge is 0.496 e. The molecule has 1 atom stereocenters. The third kappa shape index (κ3) is 4.13. The van der Waals surface area contributed by atoms with Crippen molar-refractivity contribution < 1.29 is 13.9 Å². The molecule has 0 bridgehead atoms. The zero-order valence-electron chi connectivity index (χ0n) is 17.3. The summed E-state index contributed by atoms with van der Waals surface area (Å²) < 4.78 is 16.3. The zero-order valence-corrected chi connectivity index (χ0v) is 17.3. The topological polar surface area (TPSA) is 110 Å². The number of nitrogens with zero attached hydrogens (tertiary/aromatic N) is 5. The molecule has 0 amide bonds. The number of rotatable bonds is 8. The maximum atomic E-state index is 5.52. The first-order valence-corrected chi connectivity index (χ1v) is 9.75. The minimum atomic E-state index is 0.260. The minimum Gasteiger partial charge on any atom is -0.496 e. The van der Waals surface area contributed by atoms with Crippen molar-refractivity contribution in [3.63, 3.8) is 0 Å². The summed E-state index contributed by atoms with van der Waals surface area (Å²) in [6, 6.07) is 5.94. The summed E-state index contributed by atoms with van der Waals surface area (Å²) in [7, 11) is 5.11. The van der Waals surface area contributed by atoms with Crippen LogP contribution in [0.4, 0.5) is 23.5 Å². The number of aromatic nitrogens is 4. The fourth-order valence-electron chi connectivity index (χ4n) is 3.58. The van der Waals surface area contributed by atoms with Gasteiger partial charge in [-0.05, 0) is 25.0 Å². The first kappa shape index (κ1) is 19.9. The Bertz CT molecular complexity index is 981. The molecule has 4 rings (SSSR count). The first-order chi connectivity index (χ1) is 14.7. The van der Waals surface area contributed by atoms with Crippen molar-refractivity contribution in [2.75, 3.05) is 50.0 Å². The van der Waals surface area contributed by atoms with E-state index in [4.69, 9.17) is 13.9 Å². The summed E-state index contributed by atoms with van der Waals surface area (Å²) in [5.74, 6) is 2.86. The van der Waals surface area contributed by atoms with Gasteiger partial charge in [0.1, 0.15) is 5.75 Å². The predicted molar refractivity (Wildman–Crippen MR) is 113 cm³/mol. The van der Waals surface area contributed by atoms with Gasteiger partial charge in [-0.15, -0.1) is 0 Å². The van der Waals surface area contributed by atoms with Crippen molar-refractivity contribution in [3.8, 4) is 17.1 Å². The van der Waals surface area contributed by atoms with Crippen LogP contribution < -0.4 is 20.3 Å². The summed E-state index contributed by atoms with van der Waals surface area (Å²) in [5, 5.41) is 6.26. The molecule has 158 valence electrons. The third-order valence-electron chi connectivity index (χ3n) is 5.00. The van der Waals surface area contributed by atoms with E-state index in [-0.39, 0.29) is 6.04 Å². The number of nitrogens with one attached hydrogen (secondary N) is 2. The highest BCUT2D eigenvalue weighted by molar-refractivity contribution is 5.71. The molecule has 0 aliphatic carbocycles. The van der Waals surface area contributed by atoms with Crippen molar-refractivity contribution in [1.82, 2.24) is 19.9 Å². The van der Waals surface area contributed by atoms with Gasteiger partial charge < -0.3 is 29.4 Å². The predicted octanol–water partition coefficient (Wildman–Crippen LogP) is 2.94. The summed E-state index contributed by atoms with van der Waals surface area (Å²) in [5.41, 5.74) is 1.59. The van der Waals surface area contributed by atoms with Crippen LogP contribution in [-0.4, -0.2) is 60.4 Å². The zero-order chi connectivity index (χ0) is 20.9. The van der Waals surface area contributed by atoms with Gasteiger partial charge in [-0.2, -0.15) is 15.0 Å². The summed E-state index contributed by atoms with van der Waals surface area (Å²) >= 11 is 0. The Kier molecular flexibility index (Phi) is 5.94. The SMILES string of the molecule is CNc1nc(Nc2ccc(-c3cnco3)c(OC)c2)nc(N2CCC[C@@H]2COC)n1. The molecule has 0 saturated carbocycles. The summed E-state index contributed by atoms with van der Waals surface area (Å²) in [6.07, 6.45) is 5.17. The summed E-state index contributed by atoms with van der Waals surface area (Å²) in [6.45, 7) is 1.53. The number of hydrogen-bond donors (Lipinski definition) is 2. The van der Waals surface area contributed by atoms with Gasteiger partial charge in [0.15, 0.2) is 12.2 Å². The van der Waals surface area contributed by atoms with Crippen molar-refractivity contribution >= 4 is 23.5 Å². The molecular formula is C20H25N7O3. The van der Waals surface area contributed by atoms with Crippen molar-refractivity contribution in [3.05, 3.63) is 30.8 Å². The highest BCUT2D eigenvalue weighted by Crippen LogP contribution is 2.33. The Morgan fingerprint density at radius 3 is 2.80 bits per heavy atom. The van der Waals surface area contributed by atoms with Gasteiger partial charge in [0.05, 0.1) is 31.5 Å². The lowest BCUT2D eigenvalue weighted by Gasteiger charge is -2.24. The van der Waals surface area contributed by atoms with Gasteiger partial charge in [0.2, 0.25) is 17.8 Å². The second-order valence-corrected chi connectivity index (χ2v) is 6.88. The van der Waals surface area contributed by atoms with Crippen molar-refractivity contribution in [2.24, 2.45) is 0 Å². The number of anilines is 4. The molecule has 10 nitrogen and oxygen atoms in total. The van der Waals surface area contributed by atoms with Crippen LogP contribution in [0.2, 0.25) is 0 Å². The van der Waals surface area contributed by atoms with E-state index in [1.54, 1.807) is 27.5 Å². The molecule has 0 radical (unpaired) electrons. The molecule has 1 aliphatic heterocycles. The molecule has 30 heavy (non-hydrogen) atoms. The van der Waals surface area contributed by atoms with Gasteiger partial charge in [-0.1, -0.05) is 0 Å². The highest BCUT2D eigenvalue weighted by Gasteiger charge is 2.27. The van der Waals surface area contributed by atoms with E-state index in [9.17, 15) is 0 Å². The minimum absolute atomic E-state index is 0.260. The fraction of sp³-hybridized carbons (Fsp3) is 0.400. The third-order valence-corrected chi connectivity index (χ3v) is 5.00. The van der Waals surface area contributed by atoms with Crippen LogP contribution in [-0.2, 0) is 4.74 Å². The molecule has 2 aromatic heterocycles. The Hall–Kier alpha value is -3.40. The fourth-order valence-corrected chi connectivity index (χ4v) is 3.58. The smallest absolute Gasteiger partial charge is 0.233 e. The number of ether oxygens (including phenoxy) is 2. The highest BCUT2D eigenvalue weighted by atomic mass is 16.5. The second kappa shape index (κ2) is 8.95. The maximum Gasteiger partial charge on any atom is 0.233 e. The van der Waals surface area contributed by atoms with Crippen LogP contribution >= 0.6 is 0 Å². The van der Waals surface area contributed by atoms with E-state index in [0.29, 0.717) is 36.0 Å². The average molecular weight is 411 g/mol. The van der Waals surface area contributed by atoms with Crippen LogP contribution in [0, 0.1) is 0 Å². The first-order valence-electron chi connectivity index (χ1n) is 9.75. The van der Waals surface area contributed by atoms with E-state index in [0.717, 1.165) is 30.6 Å². The van der Waals surface area contributed by atoms with Gasteiger partial charge in [0.25, 0.3) is 0 Å². The van der Waals surface area contributed by atoms with Gasteiger partial charge in [-0.3, -0.25) is 0 Å². The van der Waals surface area contributed by atoms with E-state index in [1.165, 1.54) is 6.39 Å². The van der Waals surface area contributed by atoms with Crippen LogP contribution in [0.1, 0.15) is 12.8 Å². The Morgan fingerprint density at radius 2 is 2.07 bits per heavy atom. The van der Waals surface area contributed by atoms with E-state index in [2.05, 4.69) is 35.5 Å². The molecular weight excluding hydrogens is 386 g/mol. The number of methoxy groups -OCH3 is 2. The molecule has 0 spiro atoms. The molecule has 0 unspecified atom stereocenters. The lowest BCUT2D eigenvalue weighted by atomic mass is 10.1. The lowest BCUT2D eigenvalue weighted by Crippen LogP contribution is -2.34. The molecule has 1 aliphatic rings. The van der Waals surface area contributed by atoms with Gasteiger partial charge >= 0.3 is 0 Å². The van der Waals surface area contributed by atoms with E-state index >= 15 is 0 Å². The normalized spacial score (nSPS) is 16.0. The Balaban J connectivity index is 1.61. The lowest BCUT2D eigenvalue weighted by molar-refractivity contribution is 0.180. The van der Waals surface area contributed by atoms with Crippen molar-refractivity contribution in [1.29, 1.82) is 0 Å². The monoisotopic (exact) mass is 411 g/mol. The maximum absolute atomic E-state index is 5.52. The molecule has 1 saturated heterocycles. The Labute approximate surface area is 174 Å². The molecule has 3 aromatic rings. The van der Waals surface area contributed by atoms with Crippen LogP contribution in [0.3, 0.4) is 0 Å².